The van der Waals surface area contributed by atoms with Crippen molar-refractivity contribution in [1.82, 2.24) is 9.97 Å². The molecule has 0 bridgehead atoms. The van der Waals surface area contributed by atoms with Gasteiger partial charge in [0.2, 0.25) is 0 Å². The zero-order chi connectivity index (χ0) is 17.2. The number of hydrogen-bond acceptors (Lipinski definition) is 4. The highest BCUT2D eigenvalue weighted by atomic mass is 19.4. The van der Waals surface area contributed by atoms with E-state index in [-0.39, 0.29) is 0 Å². The molecule has 1 aliphatic carbocycles. The molecule has 1 aromatic rings. The number of anilines is 1. The molecule has 24 heavy (non-hydrogen) atoms. The van der Waals surface area contributed by atoms with Crippen LogP contribution in [0.3, 0.4) is 0 Å². The molecule has 4 nitrogen and oxygen atoms in total. The molecular formula is C17H25F3N4. The normalized spacial score (nSPS) is 28.8. The van der Waals surface area contributed by atoms with Gasteiger partial charge in [0.1, 0.15) is 5.82 Å². The van der Waals surface area contributed by atoms with Crippen LogP contribution in [0.15, 0.2) is 12.4 Å². The van der Waals surface area contributed by atoms with Crippen LogP contribution >= 0.6 is 0 Å². The molecule has 0 aromatic carbocycles. The highest BCUT2D eigenvalue weighted by molar-refractivity contribution is 5.36. The van der Waals surface area contributed by atoms with Gasteiger partial charge in [-0.15, -0.1) is 0 Å². The first-order chi connectivity index (χ1) is 11.4. The summed E-state index contributed by atoms with van der Waals surface area (Å²) in [7, 11) is 0. The molecule has 1 aromatic heterocycles. The van der Waals surface area contributed by atoms with E-state index in [1.807, 2.05) is 0 Å². The second-order valence-electron chi connectivity index (χ2n) is 7.16. The molecule has 2 fully saturated rings. The van der Waals surface area contributed by atoms with Crippen LogP contribution in [0.4, 0.5) is 19.0 Å². The summed E-state index contributed by atoms with van der Waals surface area (Å²) >= 11 is 0. The lowest BCUT2D eigenvalue weighted by Gasteiger charge is -2.37. The third-order valence-electron chi connectivity index (χ3n) is 5.38. The summed E-state index contributed by atoms with van der Waals surface area (Å²) in [5.41, 5.74) is 5.32. The van der Waals surface area contributed by atoms with E-state index >= 15 is 0 Å². The average Bonchev–Trinajstić information content (AvgIpc) is 2.57. The Morgan fingerprint density at radius 3 is 2.54 bits per heavy atom. The third-order valence-corrected chi connectivity index (χ3v) is 5.38. The number of aromatic nitrogens is 2. The van der Waals surface area contributed by atoms with Crippen LogP contribution in [0.5, 0.6) is 0 Å². The van der Waals surface area contributed by atoms with E-state index in [1.54, 1.807) is 0 Å². The zero-order valence-electron chi connectivity index (χ0n) is 13.8. The molecule has 1 unspecified atom stereocenters. The Morgan fingerprint density at radius 1 is 1.08 bits per heavy atom. The molecule has 2 heterocycles. The van der Waals surface area contributed by atoms with Gasteiger partial charge in [0.15, 0.2) is 5.69 Å². The first-order valence-corrected chi connectivity index (χ1v) is 8.83. The number of alkyl halides is 3. The predicted octanol–water partition coefficient (Wildman–Crippen LogP) is 3.62. The monoisotopic (exact) mass is 342 g/mol. The smallest absolute Gasteiger partial charge is 0.355 e. The van der Waals surface area contributed by atoms with Crippen molar-refractivity contribution in [1.29, 1.82) is 0 Å². The highest BCUT2D eigenvalue weighted by Crippen LogP contribution is 2.33. The highest BCUT2D eigenvalue weighted by Gasteiger charge is 2.33. The van der Waals surface area contributed by atoms with Gasteiger partial charge < -0.3 is 10.6 Å². The molecule has 7 heteroatoms. The second kappa shape index (κ2) is 7.25. The summed E-state index contributed by atoms with van der Waals surface area (Å²) in [6, 6.07) is 0.306. The summed E-state index contributed by atoms with van der Waals surface area (Å²) in [5.74, 6) is 1.67. The molecule has 0 amide bonds. The molecule has 2 N–H and O–H groups in total. The minimum Gasteiger partial charge on any atom is -0.355 e. The van der Waals surface area contributed by atoms with Gasteiger partial charge in [-0.1, -0.05) is 12.8 Å². The fourth-order valence-corrected chi connectivity index (χ4v) is 4.05. The van der Waals surface area contributed by atoms with Crippen molar-refractivity contribution in [3.8, 4) is 0 Å². The largest absolute Gasteiger partial charge is 0.434 e. The fourth-order valence-electron chi connectivity index (χ4n) is 4.05. The third kappa shape index (κ3) is 4.18. The molecule has 0 radical (unpaired) electrons. The maximum absolute atomic E-state index is 12.6. The van der Waals surface area contributed by atoms with Gasteiger partial charge in [-0.25, -0.2) is 9.97 Å². The summed E-state index contributed by atoms with van der Waals surface area (Å²) in [5, 5.41) is 0. The molecule has 0 spiro atoms. The van der Waals surface area contributed by atoms with E-state index in [0.29, 0.717) is 23.7 Å². The van der Waals surface area contributed by atoms with Crippen molar-refractivity contribution in [2.45, 2.75) is 57.2 Å². The molecule has 3 atom stereocenters. The summed E-state index contributed by atoms with van der Waals surface area (Å²) in [4.78, 5) is 9.58. The quantitative estimate of drug-likeness (QED) is 0.911. The number of hydrogen-bond donors (Lipinski definition) is 1. The number of rotatable bonds is 3. The Morgan fingerprint density at radius 2 is 1.88 bits per heavy atom. The van der Waals surface area contributed by atoms with E-state index in [0.717, 1.165) is 45.0 Å². The van der Waals surface area contributed by atoms with Gasteiger partial charge in [0.05, 0.1) is 12.4 Å². The first kappa shape index (κ1) is 17.5. The Hall–Kier alpha value is -1.37. The molecule has 2 aliphatic rings. The first-order valence-electron chi connectivity index (χ1n) is 8.83. The van der Waals surface area contributed by atoms with Crippen LogP contribution in [-0.4, -0.2) is 29.1 Å². The second-order valence-corrected chi connectivity index (χ2v) is 7.16. The SMILES string of the molecule is N[C@@H]1CCCC[C@H]1CC1CCCN(c2cnc(C(F)(F)F)cn2)C1. The van der Waals surface area contributed by atoms with Crippen LogP contribution < -0.4 is 10.6 Å². The van der Waals surface area contributed by atoms with Gasteiger partial charge in [-0.3, -0.25) is 0 Å². The van der Waals surface area contributed by atoms with Crippen LogP contribution in [0.2, 0.25) is 0 Å². The Kier molecular flexibility index (Phi) is 5.27. The molecule has 1 saturated carbocycles. The van der Waals surface area contributed by atoms with Crippen molar-refractivity contribution >= 4 is 5.82 Å². The standard InChI is InChI=1S/C17H25F3N4/c18-17(19,20)15-9-23-16(10-22-15)24-7-3-4-12(11-24)8-13-5-1-2-6-14(13)21/h9-10,12-14H,1-8,11,21H2/t12?,13-,14+/m0/s1. The Labute approximate surface area is 140 Å². The van der Waals surface area contributed by atoms with Gasteiger partial charge in [0, 0.05) is 19.1 Å². The van der Waals surface area contributed by atoms with Crippen molar-refractivity contribution in [3.05, 3.63) is 18.1 Å². The zero-order valence-corrected chi connectivity index (χ0v) is 13.8. The van der Waals surface area contributed by atoms with Crippen molar-refractivity contribution in [2.75, 3.05) is 18.0 Å². The van der Waals surface area contributed by atoms with Gasteiger partial charge >= 0.3 is 6.18 Å². The molecule has 3 rings (SSSR count). The van der Waals surface area contributed by atoms with Crippen LogP contribution in [-0.2, 0) is 6.18 Å². The Bertz CT molecular complexity index is 532. The lowest BCUT2D eigenvalue weighted by Crippen LogP contribution is -2.40. The van der Waals surface area contributed by atoms with Crippen LogP contribution in [0, 0.1) is 11.8 Å². The van der Waals surface area contributed by atoms with Crippen molar-refractivity contribution < 1.29 is 13.2 Å². The van der Waals surface area contributed by atoms with Gasteiger partial charge in [-0.2, -0.15) is 13.2 Å². The minimum atomic E-state index is -4.44. The number of nitrogens with zero attached hydrogens (tertiary/aromatic N) is 3. The summed E-state index contributed by atoms with van der Waals surface area (Å²) in [6.45, 7) is 1.66. The average molecular weight is 342 g/mol. The van der Waals surface area contributed by atoms with Crippen LogP contribution in [0.1, 0.15) is 50.6 Å². The molecule has 1 saturated heterocycles. The van der Waals surface area contributed by atoms with E-state index in [9.17, 15) is 13.2 Å². The Balaban J connectivity index is 1.60. The minimum absolute atomic E-state index is 0.306. The maximum Gasteiger partial charge on any atom is 0.434 e. The summed E-state index contributed by atoms with van der Waals surface area (Å²) in [6.07, 6.45) is 5.77. The lowest BCUT2D eigenvalue weighted by molar-refractivity contribution is -0.141. The molecule has 134 valence electrons. The van der Waals surface area contributed by atoms with Gasteiger partial charge in [0.25, 0.3) is 0 Å². The number of piperidine rings is 1. The number of halogens is 3. The van der Waals surface area contributed by atoms with Crippen molar-refractivity contribution in [2.24, 2.45) is 17.6 Å². The fraction of sp³-hybridized carbons (Fsp3) is 0.765. The topological polar surface area (TPSA) is 55.0 Å². The van der Waals surface area contributed by atoms with Crippen LogP contribution in [0.25, 0.3) is 0 Å². The van der Waals surface area contributed by atoms with E-state index < -0.39 is 11.9 Å². The van der Waals surface area contributed by atoms with E-state index in [2.05, 4.69) is 14.9 Å². The van der Waals surface area contributed by atoms with Crippen molar-refractivity contribution in [3.63, 3.8) is 0 Å². The summed E-state index contributed by atoms with van der Waals surface area (Å²) < 4.78 is 37.8. The molecular weight excluding hydrogens is 317 g/mol. The lowest BCUT2D eigenvalue weighted by atomic mass is 9.78. The van der Waals surface area contributed by atoms with Gasteiger partial charge in [-0.05, 0) is 43.9 Å². The molecule has 1 aliphatic heterocycles. The van der Waals surface area contributed by atoms with E-state index in [4.69, 9.17) is 5.73 Å². The number of nitrogens with two attached hydrogens (primary N) is 1. The maximum atomic E-state index is 12.6. The predicted molar refractivity (Wildman–Crippen MR) is 86.5 cm³/mol. The van der Waals surface area contributed by atoms with E-state index in [1.165, 1.54) is 25.5 Å².